The first-order chi connectivity index (χ1) is 7.26. The average molecular weight is 231 g/mol. The fraction of sp³-hybridized carbons (Fsp3) is 1.00. The van der Waals surface area contributed by atoms with Crippen LogP contribution in [0.4, 0.5) is 0 Å². The van der Waals surface area contributed by atoms with E-state index in [0.29, 0.717) is 10.8 Å². The number of methoxy groups -OCH3 is 1. The van der Waals surface area contributed by atoms with E-state index in [0.717, 1.165) is 19.6 Å². The SMILES string of the molecule is CCC(COC)NCC1(SC)CCCC1. The molecule has 1 fully saturated rings. The van der Waals surface area contributed by atoms with Gasteiger partial charge in [-0.3, -0.25) is 0 Å². The van der Waals surface area contributed by atoms with E-state index in [1.807, 2.05) is 11.8 Å². The minimum absolute atomic E-state index is 0.515. The van der Waals surface area contributed by atoms with Crippen LogP contribution in [-0.2, 0) is 4.74 Å². The number of ether oxygens (including phenoxy) is 1. The lowest BCUT2D eigenvalue weighted by atomic mass is 10.1. The Kier molecular flexibility index (Phi) is 6.02. The van der Waals surface area contributed by atoms with Crippen molar-refractivity contribution in [3.63, 3.8) is 0 Å². The van der Waals surface area contributed by atoms with Gasteiger partial charge in [-0.05, 0) is 25.5 Å². The summed E-state index contributed by atoms with van der Waals surface area (Å²) < 4.78 is 5.72. The Morgan fingerprint density at radius 1 is 1.40 bits per heavy atom. The average Bonchev–Trinajstić information content (AvgIpc) is 2.73. The maximum absolute atomic E-state index is 5.21. The second-order valence-corrected chi connectivity index (χ2v) is 5.81. The van der Waals surface area contributed by atoms with Gasteiger partial charge in [-0.2, -0.15) is 11.8 Å². The van der Waals surface area contributed by atoms with Gasteiger partial charge in [0.25, 0.3) is 0 Å². The fourth-order valence-electron chi connectivity index (χ4n) is 2.33. The minimum Gasteiger partial charge on any atom is -0.383 e. The number of thioether (sulfide) groups is 1. The molecule has 2 nitrogen and oxygen atoms in total. The van der Waals surface area contributed by atoms with Crippen LogP contribution in [0.2, 0.25) is 0 Å². The molecule has 0 aliphatic heterocycles. The largest absolute Gasteiger partial charge is 0.383 e. The Labute approximate surface area is 98.5 Å². The predicted molar refractivity (Wildman–Crippen MR) is 68.7 cm³/mol. The van der Waals surface area contributed by atoms with Crippen molar-refractivity contribution >= 4 is 11.8 Å². The molecule has 1 rings (SSSR count). The molecule has 15 heavy (non-hydrogen) atoms. The highest BCUT2D eigenvalue weighted by Gasteiger charge is 2.32. The van der Waals surface area contributed by atoms with E-state index < -0.39 is 0 Å². The third-order valence-electron chi connectivity index (χ3n) is 3.52. The summed E-state index contributed by atoms with van der Waals surface area (Å²) in [4.78, 5) is 0. The molecule has 0 aromatic carbocycles. The van der Waals surface area contributed by atoms with Crippen molar-refractivity contribution in [2.45, 2.75) is 49.8 Å². The molecule has 1 saturated carbocycles. The van der Waals surface area contributed by atoms with Gasteiger partial charge in [0.2, 0.25) is 0 Å². The first-order valence-electron chi connectivity index (χ1n) is 6.04. The van der Waals surface area contributed by atoms with Crippen LogP contribution >= 0.6 is 11.8 Å². The van der Waals surface area contributed by atoms with Crippen LogP contribution < -0.4 is 5.32 Å². The molecule has 1 atom stereocenters. The van der Waals surface area contributed by atoms with Gasteiger partial charge >= 0.3 is 0 Å². The lowest BCUT2D eigenvalue weighted by Crippen LogP contribution is -2.42. The minimum atomic E-state index is 0.515. The summed E-state index contributed by atoms with van der Waals surface area (Å²) in [6.07, 6.45) is 8.98. The molecule has 90 valence electrons. The molecule has 1 aliphatic rings. The molecule has 0 amide bonds. The Morgan fingerprint density at radius 2 is 2.07 bits per heavy atom. The van der Waals surface area contributed by atoms with Crippen LogP contribution in [0.3, 0.4) is 0 Å². The summed E-state index contributed by atoms with van der Waals surface area (Å²) in [5, 5.41) is 3.66. The Hall–Kier alpha value is 0.270. The zero-order valence-corrected chi connectivity index (χ0v) is 11.2. The fourth-order valence-corrected chi connectivity index (χ4v) is 3.25. The number of hydrogen-bond donors (Lipinski definition) is 1. The van der Waals surface area contributed by atoms with E-state index in [4.69, 9.17) is 4.74 Å². The maximum atomic E-state index is 5.21. The molecule has 3 heteroatoms. The van der Waals surface area contributed by atoms with Crippen LogP contribution in [0.1, 0.15) is 39.0 Å². The molecule has 0 aromatic rings. The van der Waals surface area contributed by atoms with E-state index in [1.54, 1.807) is 7.11 Å². The van der Waals surface area contributed by atoms with Gasteiger partial charge in [0, 0.05) is 24.4 Å². The predicted octanol–water partition coefficient (Wildman–Crippen LogP) is 2.68. The van der Waals surface area contributed by atoms with E-state index in [-0.39, 0.29) is 0 Å². The van der Waals surface area contributed by atoms with Crippen molar-refractivity contribution in [1.29, 1.82) is 0 Å². The maximum Gasteiger partial charge on any atom is 0.0615 e. The highest BCUT2D eigenvalue weighted by molar-refractivity contribution is 8.00. The van der Waals surface area contributed by atoms with Crippen molar-refractivity contribution in [2.75, 3.05) is 26.5 Å². The van der Waals surface area contributed by atoms with Crippen LogP contribution in [0.15, 0.2) is 0 Å². The first kappa shape index (κ1) is 13.3. The molecule has 0 heterocycles. The van der Waals surface area contributed by atoms with E-state index in [2.05, 4.69) is 18.5 Å². The highest BCUT2D eigenvalue weighted by atomic mass is 32.2. The summed E-state index contributed by atoms with van der Waals surface area (Å²) in [5.41, 5.74) is 0. The molecule has 1 N–H and O–H groups in total. The number of rotatable bonds is 7. The van der Waals surface area contributed by atoms with Gasteiger partial charge in [0.1, 0.15) is 0 Å². The van der Waals surface area contributed by atoms with Gasteiger partial charge in [0.15, 0.2) is 0 Å². The second-order valence-electron chi connectivity index (χ2n) is 4.54. The smallest absolute Gasteiger partial charge is 0.0615 e. The summed E-state index contributed by atoms with van der Waals surface area (Å²) in [5.74, 6) is 0. The van der Waals surface area contributed by atoms with Crippen molar-refractivity contribution < 1.29 is 4.74 Å². The third kappa shape index (κ3) is 3.97. The quantitative estimate of drug-likeness (QED) is 0.728. The van der Waals surface area contributed by atoms with Crippen molar-refractivity contribution in [3.05, 3.63) is 0 Å². The summed E-state index contributed by atoms with van der Waals surface area (Å²) in [6.45, 7) is 4.20. The van der Waals surface area contributed by atoms with E-state index >= 15 is 0 Å². The van der Waals surface area contributed by atoms with Gasteiger partial charge in [-0.15, -0.1) is 0 Å². The van der Waals surface area contributed by atoms with Crippen LogP contribution in [-0.4, -0.2) is 37.3 Å². The highest BCUT2D eigenvalue weighted by Crippen LogP contribution is 2.39. The van der Waals surface area contributed by atoms with Crippen molar-refractivity contribution in [2.24, 2.45) is 0 Å². The summed E-state index contributed by atoms with van der Waals surface area (Å²) in [7, 11) is 1.78. The molecule has 0 saturated heterocycles. The van der Waals surface area contributed by atoms with Gasteiger partial charge in [-0.25, -0.2) is 0 Å². The molecule has 1 unspecified atom stereocenters. The van der Waals surface area contributed by atoms with Crippen LogP contribution in [0, 0.1) is 0 Å². The molecule has 1 aliphatic carbocycles. The molecular weight excluding hydrogens is 206 g/mol. The lowest BCUT2D eigenvalue weighted by molar-refractivity contribution is 0.163. The summed E-state index contributed by atoms with van der Waals surface area (Å²) >= 11 is 2.05. The Balaban J connectivity index is 2.32. The number of hydrogen-bond acceptors (Lipinski definition) is 3. The Bertz CT molecular complexity index is 169. The van der Waals surface area contributed by atoms with Crippen LogP contribution in [0.25, 0.3) is 0 Å². The molecule has 0 radical (unpaired) electrons. The number of nitrogens with one attached hydrogen (secondary N) is 1. The molecule has 0 spiro atoms. The first-order valence-corrected chi connectivity index (χ1v) is 7.26. The third-order valence-corrected chi connectivity index (χ3v) is 4.94. The molecule has 0 aromatic heterocycles. The lowest BCUT2D eigenvalue weighted by Gasteiger charge is -2.29. The van der Waals surface area contributed by atoms with Gasteiger partial charge < -0.3 is 10.1 Å². The van der Waals surface area contributed by atoms with E-state index in [9.17, 15) is 0 Å². The summed E-state index contributed by atoms with van der Waals surface area (Å²) in [6, 6.07) is 0.527. The van der Waals surface area contributed by atoms with Crippen LogP contribution in [0.5, 0.6) is 0 Å². The Morgan fingerprint density at radius 3 is 2.53 bits per heavy atom. The standard InChI is InChI=1S/C12H25NOS/c1-4-11(9-14-2)13-10-12(15-3)7-5-6-8-12/h11,13H,4-10H2,1-3H3. The second kappa shape index (κ2) is 6.77. The van der Waals surface area contributed by atoms with Crippen molar-refractivity contribution in [1.82, 2.24) is 5.32 Å². The monoisotopic (exact) mass is 231 g/mol. The normalized spacial score (nSPS) is 21.8. The topological polar surface area (TPSA) is 21.3 Å². The van der Waals surface area contributed by atoms with Crippen molar-refractivity contribution in [3.8, 4) is 0 Å². The van der Waals surface area contributed by atoms with Gasteiger partial charge in [-0.1, -0.05) is 19.8 Å². The molecular formula is C12H25NOS. The van der Waals surface area contributed by atoms with E-state index in [1.165, 1.54) is 25.7 Å². The molecule has 0 bridgehead atoms. The zero-order chi connectivity index (χ0) is 11.1. The zero-order valence-electron chi connectivity index (χ0n) is 10.3. The van der Waals surface area contributed by atoms with Gasteiger partial charge in [0.05, 0.1) is 6.61 Å².